The molecule has 1 amide bonds. The molecule has 3 rings (SSSR count). The molecule has 2 aromatic carbocycles. The summed E-state index contributed by atoms with van der Waals surface area (Å²) < 4.78 is 28.4. The summed E-state index contributed by atoms with van der Waals surface area (Å²) in [6, 6.07) is 11.1. The molecular formula is C19H23ClN4O3S. The Hall–Kier alpha value is -2.29. The number of nitrogens with one attached hydrogen (secondary N) is 2. The minimum absolute atomic E-state index is 0.104. The van der Waals surface area contributed by atoms with Crippen LogP contribution in [0, 0.1) is 0 Å². The Labute approximate surface area is 170 Å². The predicted octanol–water partition coefficient (Wildman–Crippen LogP) is 2.25. The Bertz CT molecular complexity index is 956. The summed E-state index contributed by atoms with van der Waals surface area (Å²) in [7, 11) is -0.516. The third-order valence-corrected chi connectivity index (χ3v) is 6.11. The first kappa shape index (κ1) is 20.4. The first-order chi connectivity index (χ1) is 13.3. The molecule has 1 saturated heterocycles. The van der Waals surface area contributed by atoms with Crippen LogP contribution in [0.15, 0.2) is 47.4 Å². The van der Waals surface area contributed by atoms with Crippen molar-refractivity contribution in [3.05, 3.63) is 53.1 Å². The quantitative estimate of drug-likeness (QED) is 0.772. The van der Waals surface area contributed by atoms with Crippen LogP contribution in [0.1, 0.15) is 10.4 Å². The summed E-state index contributed by atoms with van der Waals surface area (Å²) >= 11 is 5.86. The van der Waals surface area contributed by atoms with E-state index in [0.29, 0.717) is 16.3 Å². The minimum atomic E-state index is -3.83. The lowest BCUT2D eigenvalue weighted by Gasteiger charge is -2.31. The molecule has 0 spiro atoms. The van der Waals surface area contributed by atoms with Gasteiger partial charge in [0.15, 0.2) is 0 Å². The molecule has 0 saturated carbocycles. The second-order valence-corrected chi connectivity index (χ2v) is 8.85. The van der Waals surface area contributed by atoms with E-state index in [9.17, 15) is 13.2 Å². The molecule has 0 atom stereocenters. The second-order valence-electron chi connectivity index (χ2n) is 6.73. The van der Waals surface area contributed by atoms with E-state index in [1.807, 2.05) is 0 Å². The number of carbonyl (C=O) groups is 1. The molecule has 7 nitrogen and oxygen atoms in total. The molecule has 0 radical (unpaired) electrons. The Morgan fingerprint density at radius 3 is 2.36 bits per heavy atom. The van der Waals surface area contributed by atoms with Crippen LogP contribution in [0.2, 0.25) is 5.02 Å². The van der Waals surface area contributed by atoms with Crippen molar-refractivity contribution in [3.8, 4) is 0 Å². The van der Waals surface area contributed by atoms with Crippen LogP contribution in [-0.4, -0.2) is 59.5 Å². The average molecular weight is 423 g/mol. The molecule has 1 heterocycles. The van der Waals surface area contributed by atoms with Crippen LogP contribution in [-0.2, 0) is 10.0 Å². The summed E-state index contributed by atoms with van der Waals surface area (Å²) in [5.41, 5.74) is 1.54. The summed E-state index contributed by atoms with van der Waals surface area (Å²) in [6.45, 7) is 3.11. The van der Waals surface area contributed by atoms with E-state index >= 15 is 0 Å². The lowest BCUT2D eigenvalue weighted by molar-refractivity contribution is 0.0827. The number of benzene rings is 2. The van der Waals surface area contributed by atoms with Gasteiger partial charge in [0.1, 0.15) is 0 Å². The predicted molar refractivity (Wildman–Crippen MR) is 112 cm³/mol. The van der Waals surface area contributed by atoms with Crippen molar-refractivity contribution >= 4 is 38.9 Å². The van der Waals surface area contributed by atoms with E-state index in [0.717, 1.165) is 31.9 Å². The van der Waals surface area contributed by atoms with Gasteiger partial charge in [-0.25, -0.2) is 8.42 Å². The van der Waals surface area contributed by atoms with E-state index in [-0.39, 0.29) is 10.8 Å². The normalized spacial score (nSPS) is 14.6. The third-order valence-electron chi connectivity index (χ3n) is 4.48. The lowest BCUT2D eigenvalue weighted by atomic mass is 10.1. The molecule has 28 heavy (non-hydrogen) atoms. The van der Waals surface area contributed by atoms with Gasteiger partial charge in [0, 0.05) is 50.9 Å². The van der Waals surface area contributed by atoms with Crippen LogP contribution in [0.4, 0.5) is 11.4 Å². The smallest absolute Gasteiger partial charge is 0.261 e. The molecule has 0 bridgehead atoms. The van der Waals surface area contributed by atoms with E-state index in [1.54, 1.807) is 32.3 Å². The number of rotatable bonds is 5. The zero-order valence-electron chi connectivity index (χ0n) is 15.8. The number of anilines is 2. The summed E-state index contributed by atoms with van der Waals surface area (Å²) in [4.78, 5) is 16.0. The molecule has 2 N–H and O–H groups in total. The van der Waals surface area contributed by atoms with Gasteiger partial charge in [0.2, 0.25) is 0 Å². The molecule has 0 aliphatic carbocycles. The number of hydrogen-bond donors (Lipinski definition) is 2. The van der Waals surface area contributed by atoms with Gasteiger partial charge in [-0.2, -0.15) is 0 Å². The molecule has 1 fully saturated rings. The Balaban J connectivity index is 2.01. The molecule has 1 aliphatic heterocycles. The van der Waals surface area contributed by atoms with Gasteiger partial charge >= 0.3 is 0 Å². The summed E-state index contributed by atoms with van der Waals surface area (Å²) in [6.07, 6.45) is 0. The first-order valence-electron chi connectivity index (χ1n) is 8.88. The molecule has 150 valence electrons. The van der Waals surface area contributed by atoms with Crippen LogP contribution < -0.4 is 14.9 Å². The van der Waals surface area contributed by atoms with Gasteiger partial charge in [0.25, 0.3) is 15.9 Å². The van der Waals surface area contributed by atoms with Crippen LogP contribution in [0.3, 0.4) is 0 Å². The zero-order valence-corrected chi connectivity index (χ0v) is 17.3. The largest absolute Gasteiger partial charge is 0.367 e. The number of carbonyl (C=O) groups excluding carboxylic acids is 1. The van der Waals surface area contributed by atoms with E-state index in [2.05, 4.69) is 14.9 Å². The highest BCUT2D eigenvalue weighted by Gasteiger charge is 2.21. The fraction of sp³-hybridized carbons (Fsp3) is 0.316. The molecule has 0 unspecified atom stereocenters. The highest BCUT2D eigenvalue weighted by Crippen LogP contribution is 2.30. The number of nitrogens with zero attached hydrogens (tertiary/aromatic N) is 2. The number of hydrogen-bond acceptors (Lipinski definition) is 5. The highest BCUT2D eigenvalue weighted by atomic mass is 35.5. The van der Waals surface area contributed by atoms with Crippen molar-refractivity contribution in [2.45, 2.75) is 4.90 Å². The van der Waals surface area contributed by atoms with Gasteiger partial charge < -0.3 is 15.1 Å². The van der Waals surface area contributed by atoms with Crippen molar-refractivity contribution in [2.24, 2.45) is 0 Å². The van der Waals surface area contributed by atoms with Gasteiger partial charge in [-0.15, -0.1) is 0 Å². The van der Waals surface area contributed by atoms with E-state index in [4.69, 9.17) is 11.6 Å². The standard InChI is InChI=1S/C19H23ClN4O3S/c1-23(2)19(25)14-3-8-18(24-11-9-21-10-12-24)17(13-14)22-28(26,27)16-6-4-15(20)5-7-16/h3-8,13,21-22H,9-12H2,1-2H3. The molecule has 0 aromatic heterocycles. The van der Waals surface area contributed by atoms with Crippen molar-refractivity contribution in [2.75, 3.05) is 49.9 Å². The first-order valence-corrected chi connectivity index (χ1v) is 10.7. The van der Waals surface area contributed by atoms with E-state index in [1.165, 1.54) is 29.2 Å². The third kappa shape index (κ3) is 4.57. The van der Waals surface area contributed by atoms with Crippen molar-refractivity contribution < 1.29 is 13.2 Å². The van der Waals surface area contributed by atoms with Crippen molar-refractivity contribution in [1.29, 1.82) is 0 Å². The average Bonchev–Trinajstić information content (AvgIpc) is 2.68. The molecule has 9 heteroatoms. The SMILES string of the molecule is CN(C)C(=O)c1ccc(N2CCNCC2)c(NS(=O)(=O)c2ccc(Cl)cc2)c1. The summed E-state index contributed by atoms with van der Waals surface area (Å²) in [5.74, 6) is -0.196. The maximum atomic E-state index is 12.9. The van der Waals surface area contributed by atoms with Crippen LogP contribution in [0.5, 0.6) is 0 Å². The van der Waals surface area contributed by atoms with E-state index < -0.39 is 10.0 Å². The zero-order chi connectivity index (χ0) is 20.3. The van der Waals surface area contributed by atoms with Crippen molar-refractivity contribution in [3.63, 3.8) is 0 Å². The fourth-order valence-electron chi connectivity index (χ4n) is 3.01. The van der Waals surface area contributed by atoms with Crippen LogP contribution in [0.25, 0.3) is 0 Å². The molecule has 2 aromatic rings. The topological polar surface area (TPSA) is 81.8 Å². The number of halogens is 1. The van der Waals surface area contributed by atoms with Gasteiger partial charge in [0.05, 0.1) is 16.3 Å². The maximum absolute atomic E-state index is 12.9. The molecular weight excluding hydrogens is 400 g/mol. The minimum Gasteiger partial charge on any atom is -0.367 e. The van der Waals surface area contributed by atoms with Crippen LogP contribution >= 0.6 is 11.6 Å². The fourth-order valence-corrected chi connectivity index (χ4v) is 4.20. The second kappa shape index (κ2) is 8.38. The summed E-state index contributed by atoms with van der Waals surface area (Å²) in [5, 5.41) is 3.73. The number of sulfonamides is 1. The van der Waals surface area contributed by atoms with Gasteiger partial charge in [-0.3, -0.25) is 9.52 Å². The van der Waals surface area contributed by atoms with Gasteiger partial charge in [-0.1, -0.05) is 11.6 Å². The monoisotopic (exact) mass is 422 g/mol. The lowest BCUT2D eigenvalue weighted by Crippen LogP contribution is -2.43. The highest BCUT2D eigenvalue weighted by molar-refractivity contribution is 7.92. The van der Waals surface area contributed by atoms with Gasteiger partial charge in [-0.05, 0) is 42.5 Å². The Morgan fingerprint density at radius 2 is 1.75 bits per heavy atom. The Kier molecular flexibility index (Phi) is 6.12. The molecule has 1 aliphatic rings. The number of amides is 1. The number of piperazine rings is 1. The van der Waals surface area contributed by atoms with Crippen molar-refractivity contribution in [1.82, 2.24) is 10.2 Å². The Morgan fingerprint density at radius 1 is 1.11 bits per heavy atom. The maximum Gasteiger partial charge on any atom is 0.261 e.